The highest BCUT2D eigenvalue weighted by Gasteiger charge is 2.15. The number of hydrogen-bond acceptors (Lipinski definition) is 2. The Morgan fingerprint density at radius 2 is 2.00 bits per heavy atom. The molecule has 1 atom stereocenters. The van der Waals surface area contributed by atoms with Gasteiger partial charge in [-0.2, -0.15) is 0 Å². The Balaban J connectivity index is 1.96. The zero-order chi connectivity index (χ0) is 12.3. The lowest BCUT2D eigenvalue weighted by molar-refractivity contribution is -0.121. The molecular formula is C14H28N2O. The number of hydrogen-bond donors (Lipinski definition) is 2. The SMILES string of the molecule is CCCCCCCCNC1CCCNC(=O)C1. The van der Waals surface area contributed by atoms with Crippen LogP contribution in [0.15, 0.2) is 0 Å². The van der Waals surface area contributed by atoms with Crippen LogP contribution in [0.3, 0.4) is 0 Å². The minimum atomic E-state index is 0.211. The maximum atomic E-state index is 11.3. The first-order valence-electron chi connectivity index (χ1n) is 7.33. The highest BCUT2D eigenvalue weighted by atomic mass is 16.1. The Morgan fingerprint density at radius 1 is 1.24 bits per heavy atom. The second-order valence-electron chi connectivity index (χ2n) is 5.12. The standard InChI is InChI=1S/C14H28N2O/c1-2-3-4-5-6-7-10-15-13-9-8-11-16-14(17)12-13/h13,15H,2-12H2,1H3,(H,16,17). The molecule has 1 heterocycles. The molecule has 1 fully saturated rings. The molecule has 1 aliphatic heterocycles. The molecule has 1 aliphatic rings. The van der Waals surface area contributed by atoms with Gasteiger partial charge in [-0.25, -0.2) is 0 Å². The lowest BCUT2D eigenvalue weighted by Crippen LogP contribution is -2.33. The van der Waals surface area contributed by atoms with Crippen LogP contribution >= 0.6 is 0 Å². The van der Waals surface area contributed by atoms with E-state index >= 15 is 0 Å². The van der Waals surface area contributed by atoms with Crippen LogP contribution in [0.25, 0.3) is 0 Å². The van der Waals surface area contributed by atoms with Crippen LogP contribution < -0.4 is 10.6 Å². The largest absolute Gasteiger partial charge is 0.356 e. The van der Waals surface area contributed by atoms with Gasteiger partial charge >= 0.3 is 0 Å². The Labute approximate surface area is 106 Å². The van der Waals surface area contributed by atoms with Gasteiger partial charge in [0, 0.05) is 19.0 Å². The van der Waals surface area contributed by atoms with Crippen molar-refractivity contribution in [1.29, 1.82) is 0 Å². The van der Waals surface area contributed by atoms with Crippen molar-refractivity contribution < 1.29 is 4.79 Å². The van der Waals surface area contributed by atoms with Crippen molar-refractivity contribution >= 4 is 5.91 Å². The number of rotatable bonds is 8. The molecule has 0 spiro atoms. The number of unbranched alkanes of at least 4 members (excludes halogenated alkanes) is 5. The Hall–Kier alpha value is -0.570. The van der Waals surface area contributed by atoms with Gasteiger partial charge in [-0.15, -0.1) is 0 Å². The van der Waals surface area contributed by atoms with Gasteiger partial charge in [0.1, 0.15) is 0 Å². The summed E-state index contributed by atoms with van der Waals surface area (Å²) in [7, 11) is 0. The third kappa shape index (κ3) is 7.37. The summed E-state index contributed by atoms with van der Waals surface area (Å²) >= 11 is 0. The highest BCUT2D eigenvalue weighted by Crippen LogP contribution is 2.07. The topological polar surface area (TPSA) is 41.1 Å². The van der Waals surface area contributed by atoms with Crippen LogP contribution in [-0.2, 0) is 4.79 Å². The van der Waals surface area contributed by atoms with E-state index in [2.05, 4.69) is 17.6 Å². The van der Waals surface area contributed by atoms with Gasteiger partial charge in [0.15, 0.2) is 0 Å². The van der Waals surface area contributed by atoms with Gasteiger partial charge in [-0.05, 0) is 25.8 Å². The zero-order valence-electron chi connectivity index (χ0n) is 11.3. The minimum absolute atomic E-state index is 0.211. The minimum Gasteiger partial charge on any atom is -0.356 e. The summed E-state index contributed by atoms with van der Waals surface area (Å²) in [5.41, 5.74) is 0. The first-order chi connectivity index (χ1) is 8.33. The molecule has 1 unspecified atom stereocenters. The lowest BCUT2D eigenvalue weighted by Gasteiger charge is -2.14. The first kappa shape index (κ1) is 14.5. The number of carbonyl (C=O) groups is 1. The predicted molar refractivity (Wildman–Crippen MR) is 72.0 cm³/mol. The van der Waals surface area contributed by atoms with E-state index in [0.29, 0.717) is 12.5 Å². The molecule has 1 saturated heterocycles. The van der Waals surface area contributed by atoms with Gasteiger partial charge in [0.05, 0.1) is 0 Å². The van der Waals surface area contributed by atoms with Gasteiger partial charge in [0.2, 0.25) is 5.91 Å². The van der Waals surface area contributed by atoms with E-state index in [1.54, 1.807) is 0 Å². The second-order valence-corrected chi connectivity index (χ2v) is 5.12. The van der Waals surface area contributed by atoms with Gasteiger partial charge in [0.25, 0.3) is 0 Å². The third-order valence-corrected chi connectivity index (χ3v) is 3.45. The van der Waals surface area contributed by atoms with Crippen molar-refractivity contribution in [3.05, 3.63) is 0 Å². The molecule has 2 N–H and O–H groups in total. The summed E-state index contributed by atoms with van der Waals surface area (Å²) in [6.45, 7) is 4.18. The Kier molecular flexibility index (Phi) is 8.06. The molecule has 3 heteroatoms. The summed E-state index contributed by atoms with van der Waals surface area (Å²) < 4.78 is 0. The molecule has 0 aliphatic carbocycles. The van der Waals surface area contributed by atoms with E-state index in [4.69, 9.17) is 0 Å². The van der Waals surface area contributed by atoms with E-state index in [-0.39, 0.29) is 5.91 Å². The van der Waals surface area contributed by atoms with Crippen molar-refractivity contribution in [1.82, 2.24) is 10.6 Å². The molecule has 0 saturated carbocycles. The summed E-state index contributed by atoms with van der Waals surface area (Å²) in [4.78, 5) is 11.3. The second kappa shape index (κ2) is 9.46. The predicted octanol–water partition coefficient (Wildman–Crippen LogP) is 2.61. The summed E-state index contributed by atoms with van der Waals surface area (Å²) in [5.74, 6) is 0.211. The number of nitrogens with one attached hydrogen (secondary N) is 2. The van der Waals surface area contributed by atoms with E-state index in [9.17, 15) is 4.79 Å². The van der Waals surface area contributed by atoms with E-state index in [1.807, 2.05) is 0 Å². The highest BCUT2D eigenvalue weighted by molar-refractivity contribution is 5.76. The van der Waals surface area contributed by atoms with Gasteiger partial charge < -0.3 is 10.6 Å². The zero-order valence-corrected chi connectivity index (χ0v) is 11.3. The Morgan fingerprint density at radius 3 is 2.82 bits per heavy atom. The first-order valence-corrected chi connectivity index (χ1v) is 7.33. The molecule has 1 amide bonds. The average Bonchev–Trinajstić information content (AvgIpc) is 2.52. The maximum absolute atomic E-state index is 11.3. The van der Waals surface area contributed by atoms with Crippen molar-refractivity contribution in [2.75, 3.05) is 13.1 Å². The van der Waals surface area contributed by atoms with Gasteiger partial charge in [-0.3, -0.25) is 4.79 Å². The molecule has 0 aromatic heterocycles. The normalized spacial score (nSPS) is 21.0. The molecule has 17 heavy (non-hydrogen) atoms. The van der Waals surface area contributed by atoms with E-state index in [1.165, 1.54) is 38.5 Å². The summed E-state index contributed by atoms with van der Waals surface area (Å²) in [5, 5.41) is 6.44. The van der Waals surface area contributed by atoms with Crippen molar-refractivity contribution in [2.45, 2.75) is 70.8 Å². The lowest BCUT2D eigenvalue weighted by atomic mass is 10.1. The molecule has 3 nitrogen and oxygen atoms in total. The average molecular weight is 240 g/mol. The Bertz CT molecular complexity index is 206. The number of amides is 1. The molecule has 0 aromatic rings. The van der Waals surface area contributed by atoms with Crippen molar-refractivity contribution in [3.63, 3.8) is 0 Å². The number of carbonyl (C=O) groups excluding carboxylic acids is 1. The van der Waals surface area contributed by atoms with Crippen LogP contribution in [0.1, 0.15) is 64.7 Å². The van der Waals surface area contributed by atoms with Crippen LogP contribution in [0.4, 0.5) is 0 Å². The molecular weight excluding hydrogens is 212 g/mol. The monoisotopic (exact) mass is 240 g/mol. The van der Waals surface area contributed by atoms with Gasteiger partial charge in [-0.1, -0.05) is 39.0 Å². The third-order valence-electron chi connectivity index (χ3n) is 3.45. The van der Waals surface area contributed by atoms with E-state index < -0.39 is 0 Å². The fourth-order valence-corrected chi connectivity index (χ4v) is 2.36. The molecule has 0 radical (unpaired) electrons. The summed E-state index contributed by atoms with van der Waals surface area (Å²) in [6.07, 6.45) is 10.9. The van der Waals surface area contributed by atoms with Crippen LogP contribution in [0.5, 0.6) is 0 Å². The van der Waals surface area contributed by atoms with Crippen LogP contribution in [-0.4, -0.2) is 25.0 Å². The maximum Gasteiger partial charge on any atom is 0.221 e. The van der Waals surface area contributed by atoms with Crippen molar-refractivity contribution in [2.24, 2.45) is 0 Å². The molecule has 0 aromatic carbocycles. The molecule has 1 rings (SSSR count). The fourth-order valence-electron chi connectivity index (χ4n) is 2.36. The smallest absolute Gasteiger partial charge is 0.221 e. The van der Waals surface area contributed by atoms with E-state index in [0.717, 1.165) is 25.9 Å². The quantitative estimate of drug-likeness (QED) is 0.640. The molecule has 0 bridgehead atoms. The fraction of sp³-hybridized carbons (Fsp3) is 0.929. The summed E-state index contributed by atoms with van der Waals surface area (Å²) in [6, 6.07) is 0.410. The van der Waals surface area contributed by atoms with Crippen LogP contribution in [0.2, 0.25) is 0 Å². The van der Waals surface area contributed by atoms with Crippen molar-refractivity contribution in [3.8, 4) is 0 Å². The molecule has 100 valence electrons. The van der Waals surface area contributed by atoms with Crippen LogP contribution in [0, 0.1) is 0 Å².